The van der Waals surface area contributed by atoms with E-state index in [9.17, 15) is 9.59 Å². The zero-order valence-corrected chi connectivity index (χ0v) is 21.9. The van der Waals surface area contributed by atoms with E-state index in [-0.39, 0.29) is 17.6 Å². The number of nitrogens with zero attached hydrogens (tertiary/aromatic N) is 5. The van der Waals surface area contributed by atoms with Crippen molar-refractivity contribution >= 4 is 35.6 Å². The molecule has 2 fully saturated rings. The van der Waals surface area contributed by atoms with Crippen molar-refractivity contribution < 1.29 is 14.3 Å². The number of likely N-dealkylation sites (tertiary alicyclic amines) is 1. The average Bonchev–Trinajstić information content (AvgIpc) is 3.43. The number of benzene rings is 1. The minimum atomic E-state index is -0.0708. The number of ether oxygens (including phenoxy) is 1. The predicted octanol–water partition coefficient (Wildman–Crippen LogP) is 2.15. The number of nitrogens with one attached hydrogen (secondary N) is 2. The van der Waals surface area contributed by atoms with E-state index in [4.69, 9.17) is 15.9 Å². The molecule has 1 amide bonds. The first-order chi connectivity index (χ1) is 17.9. The summed E-state index contributed by atoms with van der Waals surface area (Å²) < 4.78 is 4.98. The normalized spacial score (nSPS) is 14.9. The van der Waals surface area contributed by atoms with Gasteiger partial charge in [0.15, 0.2) is 6.29 Å². The summed E-state index contributed by atoms with van der Waals surface area (Å²) in [5.41, 5.74) is 8.16. The number of methoxy groups -OCH3 is 1. The van der Waals surface area contributed by atoms with Crippen LogP contribution >= 0.6 is 0 Å². The Morgan fingerprint density at radius 1 is 1.16 bits per heavy atom. The van der Waals surface area contributed by atoms with Gasteiger partial charge in [-0.1, -0.05) is 12.6 Å². The van der Waals surface area contributed by atoms with Gasteiger partial charge in [0, 0.05) is 62.4 Å². The Morgan fingerprint density at radius 3 is 2.30 bits per heavy atom. The first-order valence-electron chi connectivity index (χ1n) is 12.2. The molecule has 0 spiro atoms. The number of hydrogen-bond acceptors (Lipinski definition) is 10. The van der Waals surface area contributed by atoms with Crippen LogP contribution in [0.3, 0.4) is 0 Å². The molecule has 1 aromatic carbocycles. The number of nitrogen functional groups attached to an aromatic ring is 1. The third-order valence-electron chi connectivity index (χ3n) is 5.99. The SMILES string of the molecule is C=CC(=O)N1CCN(c2cc(C=O)nc(OC)n2)CC1.CN1CCCC1.CNc1cccc(N)c1C=N. The topological polar surface area (TPSA) is 141 Å². The summed E-state index contributed by atoms with van der Waals surface area (Å²) in [6.45, 7) is 8.57. The van der Waals surface area contributed by atoms with Crippen molar-refractivity contribution in [3.63, 3.8) is 0 Å². The maximum atomic E-state index is 11.5. The highest BCUT2D eigenvalue weighted by Gasteiger charge is 2.21. The quantitative estimate of drug-likeness (QED) is 0.231. The molecule has 0 atom stereocenters. The Bertz CT molecular complexity index is 1050. The zero-order valence-electron chi connectivity index (χ0n) is 21.9. The molecule has 0 radical (unpaired) electrons. The minimum absolute atomic E-state index is 0.0708. The first kappa shape index (κ1) is 29.2. The molecule has 200 valence electrons. The fourth-order valence-corrected chi connectivity index (χ4v) is 3.87. The van der Waals surface area contributed by atoms with Gasteiger partial charge in [-0.2, -0.15) is 9.97 Å². The Labute approximate surface area is 218 Å². The van der Waals surface area contributed by atoms with Crippen molar-refractivity contribution in [2.45, 2.75) is 12.8 Å². The molecule has 2 aliphatic rings. The monoisotopic (exact) mass is 510 g/mol. The van der Waals surface area contributed by atoms with E-state index in [0.29, 0.717) is 44.0 Å². The van der Waals surface area contributed by atoms with Gasteiger partial charge < -0.3 is 35.9 Å². The second-order valence-corrected chi connectivity index (χ2v) is 8.49. The number of nitrogens with two attached hydrogens (primary N) is 1. The third-order valence-corrected chi connectivity index (χ3v) is 5.99. The summed E-state index contributed by atoms with van der Waals surface area (Å²) in [6, 6.07) is 7.29. The Kier molecular flexibility index (Phi) is 12.0. The summed E-state index contributed by atoms with van der Waals surface area (Å²) in [7, 11) is 5.43. The number of rotatable bonds is 6. The van der Waals surface area contributed by atoms with Crippen molar-refractivity contribution in [3.05, 3.63) is 48.2 Å². The minimum Gasteiger partial charge on any atom is -0.467 e. The number of aldehydes is 1. The molecule has 1 aromatic heterocycles. The molecule has 0 bridgehead atoms. The molecule has 0 saturated carbocycles. The highest BCUT2D eigenvalue weighted by atomic mass is 16.5. The van der Waals surface area contributed by atoms with E-state index in [1.54, 1.807) is 17.0 Å². The molecular weight excluding hydrogens is 472 g/mol. The first-order valence-corrected chi connectivity index (χ1v) is 12.2. The maximum Gasteiger partial charge on any atom is 0.318 e. The molecule has 2 saturated heterocycles. The van der Waals surface area contributed by atoms with Crippen molar-refractivity contribution in [2.75, 3.05) is 76.4 Å². The fraction of sp³-hybridized carbons (Fsp3) is 0.423. The van der Waals surface area contributed by atoms with Gasteiger partial charge >= 0.3 is 6.01 Å². The van der Waals surface area contributed by atoms with Crippen LogP contribution in [0, 0.1) is 5.41 Å². The molecule has 3 heterocycles. The molecule has 37 heavy (non-hydrogen) atoms. The van der Waals surface area contributed by atoms with Crippen LogP contribution in [0.5, 0.6) is 6.01 Å². The third kappa shape index (κ3) is 8.87. The van der Waals surface area contributed by atoms with Crippen LogP contribution in [0.25, 0.3) is 0 Å². The van der Waals surface area contributed by atoms with E-state index >= 15 is 0 Å². The van der Waals surface area contributed by atoms with E-state index < -0.39 is 0 Å². The van der Waals surface area contributed by atoms with Crippen LogP contribution in [0.15, 0.2) is 36.9 Å². The van der Waals surface area contributed by atoms with Crippen LogP contribution in [0.2, 0.25) is 0 Å². The number of aromatic nitrogens is 2. The van der Waals surface area contributed by atoms with Gasteiger partial charge in [-0.25, -0.2) is 0 Å². The molecule has 11 nitrogen and oxygen atoms in total. The smallest absolute Gasteiger partial charge is 0.318 e. The second-order valence-electron chi connectivity index (χ2n) is 8.49. The molecule has 2 aromatic rings. The summed E-state index contributed by atoms with van der Waals surface area (Å²) in [5, 5.41) is 10.0. The van der Waals surface area contributed by atoms with Crippen molar-refractivity contribution in [2.24, 2.45) is 0 Å². The molecule has 4 N–H and O–H groups in total. The van der Waals surface area contributed by atoms with Crippen molar-refractivity contribution in [1.29, 1.82) is 5.41 Å². The average molecular weight is 511 g/mol. The number of amides is 1. The zero-order chi connectivity index (χ0) is 27.2. The number of anilines is 3. The maximum absolute atomic E-state index is 11.5. The van der Waals surface area contributed by atoms with Gasteiger partial charge in [0.25, 0.3) is 0 Å². The highest BCUT2D eigenvalue weighted by molar-refractivity contribution is 5.92. The van der Waals surface area contributed by atoms with Crippen molar-refractivity contribution in [3.8, 4) is 6.01 Å². The highest BCUT2D eigenvalue weighted by Crippen LogP contribution is 2.19. The number of hydrogen-bond donors (Lipinski definition) is 3. The van der Waals surface area contributed by atoms with Gasteiger partial charge in [-0.3, -0.25) is 9.59 Å². The number of carbonyl (C=O) groups is 2. The van der Waals surface area contributed by atoms with E-state index in [0.717, 1.165) is 11.3 Å². The Hall–Kier alpha value is -3.99. The summed E-state index contributed by atoms with van der Waals surface area (Å²) in [6.07, 6.45) is 6.05. The van der Waals surface area contributed by atoms with Gasteiger partial charge in [0.05, 0.1) is 7.11 Å². The molecule has 0 unspecified atom stereocenters. The lowest BCUT2D eigenvalue weighted by Crippen LogP contribution is -2.48. The largest absolute Gasteiger partial charge is 0.467 e. The number of carbonyl (C=O) groups excluding carboxylic acids is 2. The van der Waals surface area contributed by atoms with Crippen LogP contribution in [0.4, 0.5) is 17.2 Å². The van der Waals surface area contributed by atoms with Crippen LogP contribution in [-0.4, -0.2) is 98.6 Å². The molecule has 11 heteroatoms. The van der Waals surface area contributed by atoms with Crippen LogP contribution in [-0.2, 0) is 4.79 Å². The van der Waals surface area contributed by atoms with Gasteiger partial charge in [-0.05, 0) is 51.2 Å². The Balaban J connectivity index is 0.000000235. The van der Waals surface area contributed by atoms with Gasteiger partial charge in [0.1, 0.15) is 11.5 Å². The van der Waals surface area contributed by atoms with Crippen LogP contribution in [0.1, 0.15) is 28.9 Å². The van der Waals surface area contributed by atoms with Gasteiger partial charge in [0.2, 0.25) is 5.91 Å². The standard InChI is InChI=1S/C13H16N4O3.C8H11N3.C5H11N/c1-3-12(19)17-6-4-16(5-7-17)11-8-10(9-18)14-13(15-11)20-2;1-11-8-4-2-3-7(10)6(8)5-9;1-6-4-2-3-5-6/h3,8-9H,1,4-7H2,2H3;2-5,9,11H,10H2,1H3;2-5H2,1H3. The molecule has 2 aliphatic heterocycles. The summed E-state index contributed by atoms with van der Waals surface area (Å²) >= 11 is 0. The lowest BCUT2D eigenvalue weighted by Gasteiger charge is -2.34. The van der Waals surface area contributed by atoms with Gasteiger partial charge in [-0.15, -0.1) is 0 Å². The Morgan fingerprint density at radius 2 is 1.84 bits per heavy atom. The number of piperazine rings is 1. The van der Waals surface area contributed by atoms with E-state index in [2.05, 4.69) is 33.8 Å². The fourth-order valence-electron chi connectivity index (χ4n) is 3.87. The summed E-state index contributed by atoms with van der Waals surface area (Å²) in [4.78, 5) is 36.6. The van der Waals surface area contributed by atoms with E-state index in [1.807, 2.05) is 24.1 Å². The summed E-state index contributed by atoms with van der Waals surface area (Å²) in [5.74, 6) is 0.558. The lowest BCUT2D eigenvalue weighted by atomic mass is 10.1. The van der Waals surface area contributed by atoms with E-state index in [1.165, 1.54) is 45.3 Å². The molecule has 0 aliphatic carbocycles. The van der Waals surface area contributed by atoms with Crippen molar-refractivity contribution in [1.82, 2.24) is 19.8 Å². The predicted molar refractivity (Wildman–Crippen MR) is 148 cm³/mol. The lowest BCUT2D eigenvalue weighted by molar-refractivity contribution is -0.126. The molecular formula is C26H38N8O3. The second kappa shape index (κ2) is 15.2. The van der Waals surface area contributed by atoms with Crippen LogP contribution < -0.4 is 20.7 Å². The molecule has 4 rings (SSSR count).